The summed E-state index contributed by atoms with van der Waals surface area (Å²) in [7, 11) is 0. The van der Waals surface area contributed by atoms with Crippen molar-refractivity contribution in [1.29, 1.82) is 0 Å². The largest absolute Gasteiger partial charge is 0.341 e. The minimum atomic E-state index is -0.429. The van der Waals surface area contributed by atoms with Crippen LogP contribution in [0.15, 0.2) is 24.3 Å². The van der Waals surface area contributed by atoms with E-state index in [4.69, 9.17) is 0 Å². The number of carbonyl (C=O) groups is 1. The molecule has 0 bridgehead atoms. The third-order valence-electron chi connectivity index (χ3n) is 4.37. The third-order valence-corrected chi connectivity index (χ3v) is 4.71. The number of benzene rings is 1. The normalized spacial score (nSPS) is 17.0. The summed E-state index contributed by atoms with van der Waals surface area (Å²) in [5.74, 6) is 0.980. The third kappa shape index (κ3) is 4.84. The second-order valence-corrected chi connectivity index (χ2v) is 8.71. The lowest BCUT2D eigenvalue weighted by atomic mass is 9.90. The van der Waals surface area contributed by atoms with Crippen LogP contribution >= 0.6 is 15.9 Å². The molecule has 0 saturated carbocycles. The standard InChI is InChI=1S/C18H26BrNO/c1-14-4-6-15(7-5-14)8-9-16-10-12-20(13-11-16)17(21)18(2,3)19/h4-7,16H,8-13H2,1-3H3. The summed E-state index contributed by atoms with van der Waals surface area (Å²) < 4.78 is -0.429. The first kappa shape index (κ1) is 16.5. The Bertz CT molecular complexity index is 467. The molecule has 116 valence electrons. The van der Waals surface area contributed by atoms with E-state index < -0.39 is 4.32 Å². The van der Waals surface area contributed by atoms with E-state index in [1.165, 1.54) is 17.5 Å². The molecule has 0 aromatic heterocycles. The molecule has 0 radical (unpaired) electrons. The number of likely N-dealkylation sites (tertiary alicyclic amines) is 1. The van der Waals surface area contributed by atoms with Crippen LogP contribution in [0, 0.1) is 12.8 Å². The van der Waals surface area contributed by atoms with Gasteiger partial charge in [0, 0.05) is 13.1 Å². The lowest BCUT2D eigenvalue weighted by molar-refractivity contribution is -0.134. The molecule has 0 N–H and O–H groups in total. The fourth-order valence-electron chi connectivity index (χ4n) is 2.93. The molecular weight excluding hydrogens is 326 g/mol. The number of hydrogen-bond acceptors (Lipinski definition) is 1. The van der Waals surface area contributed by atoms with Crippen LogP contribution in [-0.4, -0.2) is 28.2 Å². The van der Waals surface area contributed by atoms with Gasteiger partial charge >= 0.3 is 0 Å². The maximum atomic E-state index is 12.2. The van der Waals surface area contributed by atoms with E-state index in [1.54, 1.807) is 0 Å². The maximum Gasteiger partial charge on any atom is 0.238 e. The minimum Gasteiger partial charge on any atom is -0.341 e. The lowest BCUT2D eigenvalue weighted by Gasteiger charge is -2.35. The van der Waals surface area contributed by atoms with E-state index in [-0.39, 0.29) is 5.91 Å². The summed E-state index contributed by atoms with van der Waals surface area (Å²) >= 11 is 3.47. The van der Waals surface area contributed by atoms with E-state index in [0.717, 1.165) is 38.3 Å². The molecule has 1 aliphatic rings. The summed E-state index contributed by atoms with van der Waals surface area (Å²) in [5, 5.41) is 0. The van der Waals surface area contributed by atoms with Gasteiger partial charge in [-0.1, -0.05) is 45.8 Å². The van der Waals surface area contributed by atoms with Crippen LogP contribution in [0.5, 0.6) is 0 Å². The van der Waals surface area contributed by atoms with Crippen LogP contribution in [0.25, 0.3) is 0 Å². The lowest BCUT2D eigenvalue weighted by Crippen LogP contribution is -2.45. The summed E-state index contributed by atoms with van der Waals surface area (Å²) in [6, 6.07) is 8.85. The van der Waals surface area contributed by atoms with E-state index in [1.807, 2.05) is 18.7 Å². The molecule has 21 heavy (non-hydrogen) atoms. The molecule has 0 atom stereocenters. The molecule has 2 nitrogen and oxygen atoms in total. The zero-order valence-corrected chi connectivity index (χ0v) is 14.9. The predicted octanol–water partition coefficient (Wildman–Crippen LogP) is 4.34. The number of carbonyl (C=O) groups excluding carboxylic acids is 1. The zero-order chi connectivity index (χ0) is 15.5. The number of rotatable bonds is 4. The van der Waals surface area contributed by atoms with Crippen LogP contribution in [0.2, 0.25) is 0 Å². The Labute approximate surface area is 137 Å². The molecule has 1 aromatic rings. The molecule has 1 aliphatic heterocycles. The average Bonchev–Trinajstić information content (AvgIpc) is 2.45. The summed E-state index contributed by atoms with van der Waals surface area (Å²) in [5.41, 5.74) is 2.75. The number of alkyl halides is 1. The molecule has 1 aromatic carbocycles. The van der Waals surface area contributed by atoms with Gasteiger partial charge in [0.25, 0.3) is 0 Å². The van der Waals surface area contributed by atoms with Crippen LogP contribution in [0.3, 0.4) is 0 Å². The molecule has 1 heterocycles. The highest BCUT2D eigenvalue weighted by Crippen LogP contribution is 2.26. The zero-order valence-electron chi connectivity index (χ0n) is 13.4. The first-order valence-corrected chi connectivity index (χ1v) is 8.69. The topological polar surface area (TPSA) is 20.3 Å². The second kappa shape index (κ2) is 6.95. The second-order valence-electron chi connectivity index (χ2n) is 6.73. The van der Waals surface area contributed by atoms with Gasteiger partial charge in [-0.25, -0.2) is 0 Å². The van der Waals surface area contributed by atoms with Crippen molar-refractivity contribution < 1.29 is 4.79 Å². The van der Waals surface area contributed by atoms with Gasteiger partial charge in [-0.05, 0) is 57.9 Å². The molecule has 1 amide bonds. The molecule has 1 fully saturated rings. The van der Waals surface area contributed by atoms with Crippen molar-refractivity contribution in [3.05, 3.63) is 35.4 Å². The Kier molecular flexibility index (Phi) is 5.48. The predicted molar refractivity (Wildman–Crippen MR) is 91.8 cm³/mol. The van der Waals surface area contributed by atoms with E-state index in [0.29, 0.717) is 0 Å². The van der Waals surface area contributed by atoms with Crippen molar-refractivity contribution >= 4 is 21.8 Å². The van der Waals surface area contributed by atoms with Crippen molar-refractivity contribution in [2.24, 2.45) is 5.92 Å². The van der Waals surface area contributed by atoms with Crippen LogP contribution < -0.4 is 0 Å². The first-order chi connectivity index (χ1) is 9.86. The minimum absolute atomic E-state index is 0.222. The van der Waals surface area contributed by atoms with Crippen LogP contribution in [0.1, 0.15) is 44.2 Å². The fourth-order valence-corrected chi connectivity index (χ4v) is 3.18. The summed E-state index contributed by atoms with van der Waals surface area (Å²) in [6.45, 7) is 7.80. The van der Waals surface area contributed by atoms with E-state index in [2.05, 4.69) is 47.1 Å². The molecular formula is C18H26BrNO. The molecule has 2 rings (SSSR count). The van der Waals surface area contributed by atoms with Crippen LogP contribution in [-0.2, 0) is 11.2 Å². The van der Waals surface area contributed by atoms with Crippen molar-refractivity contribution in [1.82, 2.24) is 4.90 Å². The van der Waals surface area contributed by atoms with Gasteiger partial charge < -0.3 is 4.90 Å². The Morgan fingerprint density at radius 1 is 1.24 bits per heavy atom. The van der Waals surface area contributed by atoms with Crippen LogP contribution in [0.4, 0.5) is 0 Å². The van der Waals surface area contributed by atoms with Crippen molar-refractivity contribution in [2.75, 3.05) is 13.1 Å². The van der Waals surface area contributed by atoms with Gasteiger partial charge in [-0.3, -0.25) is 4.79 Å². The average molecular weight is 352 g/mol. The number of piperidine rings is 1. The highest BCUT2D eigenvalue weighted by Gasteiger charge is 2.31. The number of halogens is 1. The number of hydrogen-bond donors (Lipinski definition) is 0. The van der Waals surface area contributed by atoms with Crippen molar-refractivity contribution in [3.8, 4) is 0 Å². The first-order valence-electron chi connectivity index (χ1n) is 7.90. The van der Waals surface area contributed by atoms with Gasteiger partial charge in [-0.15, -0.1) is 0 Å². The Balaban J connectivity index is 1.77. The summed E-state index contributed by atoms with van der Waals surface area (Å²) in [6.07, 6.45) is 4.67. The van der Waals surface area contributed by atoms with E-state index >= 15 is 0 Å². The number of aryl methyl sites for hydroxylation is 2. The van der Waals surface area contributed by atoms with Crippen molar-refractivity contribution in [2.45, 2.75) is 50.8 Å². The quantitative estimate of drug-likeness (QED) is 0.738. The van der Waals surface area contributed by atoms with E-state index in [9.17, 15) is 4.79 Å². The molecule has 0 aliphatic carbocycles. The highest BCUT2D eigenvalue weighted by atomic mass is 79.9. The van der Waals surface area contributed by atoms with Gasteiger partial charge in [0.1, 0.15) is 0 Å². The smallest absolute Gasteiger partial charge is 0.238 e. The highest BCUT2D eigenvalue weighted by molar-refractivity contribution is 9.10. The maximum absolute atomic E-state index is 12.2. The molecule has 3 heteroatoms. The number of amides is 1. The van der Waals surface area contributed by atoms with Gasteiger partial charge in [0.2, 0.25) is 5.91 Å². The molecule has 0 unspecified atom stereocenters. The van der Waals surface area contributed by atoms with Crippen molar-refractivity contribution in [3.63, 3.8) is 0 Å². The Morgan fingerprint density at radius 2 is 1.81 bits per heavy atom. The van der Waals surface area contributed by atoms with Gasteiger partial charge in [-0.2, -0.15) is 0 Å². The summed E-state index contributed by atoms with van der Waals surface area (Å²) in [4.78, 5) is 14.2. The number of nitrogens with zero attached hydrogens (tertiary/aromatic N) is 1. The Morgan fingerprint density at radius 3 is 2.33 bits per heavy atom. The Hall–Kier alpha value is -0.830. The SMILES string of the molecule is Cc1ccc(CCC2CCN(C(=O)C(C)(C)Br)CC2)cc1. The molecule has 1 saturated heterocycles. The van der Waals surface area contributed by atoms with Gasteiger partial charge in [0.05, 0.1) is 4.32 Å². The monoisotopic (exact) mass is 351 g/mol. The van der Waals surface area contributed by atoms with Gasteiger partial charge in [0.15, 0.2) is 0 Å². The fraction of sp³-hybridized carbons (Fsp3) is 0.611. The molecule has 0 spiro atoms.